The third-order valence-corrected chi connectivity index (χ3v) is 3.33. The molecule has 0 aliphatic carbocycles. The van der Waals surface area contributed by atoms with Crippen LogP contribution in [0.4, 0.5) is 11.4 Å². The summed E-state index contributed by atoms with van der Waals surface area (Å²) < 4.78 is 5.02. The molecule has 24 heavy (non-hydrogen) atoms. The highest BCUT2D eigenvalue weighted by Crippen LogP contribution is 2.15. The van der Waals surface area contributed by atoms with E-state index in [2.05, 4.69) is 10.6 Å². The Labute approximate surface area is 139 Å². The van der Waals surface area contributed by atoms with Gasteiger partial charge in [-0.25, -0.2) is 4.79 Å². The minimum atomic E-state index is -0.581. The van der Waals surface area contributed by atoms with Crippen LogP contribution in [0.3, 0.4) is 0 Å². The summed E-state index contributed by atoms with van der Waals surface area (Å²) in [5, 5.41) is 5.49. The molecule has 0 unspecified atom stereocenters. The predicted octanol–water partition coefficient (Wildman–Crippen LogP) is 2.73. The Hall–Kier alpha value is -3.15. The number of carbonyl (C=O) groups excluding carboxylic acids is 3. The zero-order valence-corrected chi connectivity index (χ0v) is 13.5. The minimum absolute atomic E-state index is 0.0509. The fourth-order valence-corrected chi connectivity index (χ4v) is 2.07. The van der Waals surface area contributed by atoms with E-state index in [0.29, 0.717) is 22.5 Å². The molecule has 0 atom stereocenters. The molecule has 0 spiro atoms. The van der Waals surface area contributed by atoms with Gasteiger partial charge in [0.05, 0.1) is 5.56 Å². The van der Waals surface area contributed by atoms with Crippen molar-refractivity contribution >= 4 is 29.0 Å². The van der Waals surface area contributed by atoms with E-state index in [9.17, 15) is 14.4 Å². The zero-order valence-electron chi connectivity index (χ0n) is 13.5. The third-order valence-electron chi connectivity index (χ3n) is 3.33. The highest BCUT2D eigenvalue weighted by molar-refractivity contribution is 5.99. The number of nitrogens with one attached hydrogen (secondary N) is 2. The number of hydrogen-bond donors (Lipinski definition) is 2. The van der Waals surface area contributed by atoms with E-state index in [4.69, 9.17) is 4.74 Å². The van der Waals surface area contributed by atoms with Crippen molar-refractivity contribution in [1.29, 1.82) is 0 Å². The predicted molar refractivity (Wildman–Crippen MR) is 91.3 cm³/mol. The van der Waals surface area contributed by atoms with Gasteiger partial charge in [0.1, 0.15) is 0 Å². The van der Waals surface area contributed by atoms with E-state index in [0.717, 1.165) is 0 Å². The molecule has 0 saturated carbocycles. The van der Waals surface area contributed by atoms with E-state index < -0.39 is 18.5 Å². The summed E-state index contributed by atoms with van der Waals surface area (Å²) in [6.07, 6.45) is 0. The number of hydrogen-bond acceptors (Lipinski definition) is 5. The standard InChI is InChI=1S/C18H18N2O4/c1-12(21)13-7-9-14(10-8-13)20-17(22)11-24-18(23)15-5-3-4-6-16(15)19-2/h3-10,19H,11H2,1-2H3,(H,20,22). The Morgan fingerprint density at radius 3 is 2.29 bits per heavy atom. The van der Waals surface area contributed by atoms with Gasteiger partial charge in [0.2, 0.25) is 0 Å². The van der Waals surface area contributed by atoms with E-state index in [1.807, 2.05) is 0 Å². The van der Waals surface area contributed by atoms with Gasteiger partial charge < -0.3 is 15.4 Å². The molecular formula is C18H18N2O4. The highest BCUT2D eigenvalue weighted by Gasteiger charge is 2.13. The fourth-order valence-electron chi connectivity index (χ4n) is 2.07. The van der Waals surface area contributed by atoms with Crippen molar-refractivity contribution in [1.82, 2.24) is 0 Å². The van der Waals surface area contributed by atoms with Crippen molar-refractivity contribution in [3.63, 3.8) is 0 Å². The molecule has 6 nitrogen and oxygen atoms in total. The molecule has 0 aromatic heterocycles. The maximum atomic E-state index is 12.0. The van der Waals surface area contributed by atoms with Gasteiger partial charge in [-0.05, 0) is 43.3 Å². The molecule has 1 amide bonds. The monoisotopic (exact) mass is 326 g/mol. The first-order valence-electron chi connectivity index (χ1n) is 7.36. The highest BCUT2D eigenvalue weighted by atomic mass is 16.5. The Kier molecular flexibility index (Phi) is 5.68. The number of ketones is 1. The number of para-hydroxylation sites is 1. The number of benzene rings is 2. The summed E-state index contributed by atoms with van der Waals surface area (Å²) in [6.45, 7) is 1.07. The number of amides is 1. The van der Waals surface area contributed by atoms with Crippen molar-refractivity contribution in [2.45, 2.75) is 6.92 Å². The van der Waals surface area contributed by atoms with Crippen molar-refractivity contribution in [3.05, 3.63) is 59.7 Å². The van der Waals surface area contributed by atoms with Crippen molar-refractivity contribution in [2.24, 2.45) is 0 Å². The fraction of sp³-hybridized carbons (Fsp3) is 0.167. The van der Waals surface area contributed by atoms with Crippen LogP contribution in [0.5, 0.6) is 0 Å². The number of anilines is 2. The summed E-state index contributed by atoms with van der Waals surface area (Å²) in [4.78, 5) is 35.1. The first kappa shape index (κ1) is 17.2. The average Bonchev–Trinajstić information content (AvgIpc) is 2.60. The Morgan fingerprint density at radius 2 is 1.67 bits per heavy atom. The van der Waals surface area contributed by atoms with Crippen LogP contribution in [0.1, 0.15) is 27.6 Å². The maximum Gasteiger partial charge on any atom is 0.340 e. The summed E-state index contributed by atoms with van der Waals surface area (Å²) in [6, 6.07) is 13.3. The Morgan fingerprint density at radius 1 is 1.00 bits per heavy atom. The second-order valence-corrected chi connectivity index (χ2v) is 5.05. The molecular weight excluding hydrogens is 308 g/mol. The molecule has 124 valence electrons. The molecule has 0 bridgehead atoms. The molecule has 0 fully saturated rings. The van der Waals surface area contributed by atoms with Crippen LogP contribution in [0.15, 0.2) is 48.5 Å². The molecule has 0 radical (unpaired) electrons. The topological polar surface area (TPSA) is 84.5 Å². The van der Waals surface area contributed by atoms with Crippen LogP contribution in [0, 0.1) is 0 Å². The average molecular weight is 326 g/mol. The summed E-state index contributed by atoms with van der Waals surface area (Å²) in [5.74, 6) is -1.09. The van der Waals surface area contributed by atoms with Gasteiger partial charge in [-0.2, -0.15) is 0 Å². The van der Waals surface area contributed by atoms with Gasteiger partial charge in [-0.1, -0.05) is 12.1 Å². The van der Waals surface area contributed by atoms with Gasteiger partial charge in [0.25, 0.3) is 5.91 Å². The molecule has 2 aromatic carbocycles. The molecule has 2 aromatic rings. The zero-order chi connectivity index (χ0) is 17.5. The van der Waals surface area contributed by atoms with Gasteiger partial charge in [-0.3, -0.25) is 9.59 Å². The van der Waals surface area contributed by atoms with Crippen LogP contribution >= 0.6 is 0 Å². The summed E-state index contributed by atoms with van der Waals surface area (Å²) in [7, 11) is 1.70. The SMILES string of the molecule is CNc1ccccc1C(=O)OCC(=O)Nc1ccc(C(C)=O)cc1. The quantitative estimate of drug-likeness (QED) is 0.630. The van der Waals surface area contributed by atoms with Crippen LogP contribution in [0.2, 0.25) is 0 Å². The van der Waals surface area contributed by atoms with Crippen LogP contribution < -0.4 is 10.6 Å². The van der Waals surface area contributed by atoms with Crippen LogP contribution in [0.25, 0.3) is 0 Å². The lowest BCUT2D eigenvalue weighted by atomic mass is 10.1. The van der Waals surface area contributed by atoms with Gasteiger partial charge in [0.15, 0.2) is 12.4 Å². The van der Waals surface area contributed by atoms with E-state index >= 15 is 0 Å². The van der Waals surface area contributed by atoms with E-state index in [1.165, 1.54) is 6.92 Å². The van der Waals surface area contributed by atoms with Gasteiger partial charge >= 0.3 is 5.97 Å². The lowest BCUT2D eigenvalue weighted by Crippen LogP contribution is -2.21. The van der Waals surface area contributed by atoms with Crippen molar-refractivity contribution in [3.8, 4) is 0 Å². The number of carbonyl (C=O) groups is 3. The normalized spacial score (nSPS) is 9.92. The molecule has 2 rings (SSSR count). The van der Waals surface area contributed by atoms with Crippen molar-refractivity contribution in [2.75, 3.05) is 24.3 Å². The maximum absolute atomic E-state index is 12.0. The molecule has 0 aliphatic heterocycles. The second-order valence-electron chi connectivity index (χ2n) is 5.05. The number of Topliss-reactive ketones (excluding diaryl/α,β-unsaturated/α-hetero) is 1. The molecule has 6 heteroatoms. The second kappa shape index (κ2) is 7.92. The lowest BCUT2D eigenvalue weighted by molar-refractivity contribution is -0.119. The Bertz CT molecular complexity index is 754. The van der Waals surface area contributed by atoms with Crippen LogP contribution in [-0.4, -0.2) is 31.3 Å². The molecule has 2 N–H and O–H groups in total. The van der Waals surface area contributed by atoms with Gasteiger partial charge in [0, 0.05) is 24.0 Å². The number of ether oxygens (including phenoxy) is 1. The molecule has 0 aliphatic rings. The summed E-state index contributed by atoms with van der Waals surface area (Å²) in [5.41, 5.74) is 2.07. The molecule has 0 saturated heterocycles. The van der Waals surface area contributed by atoms with E-state index in [-0.39, 0.29) is 5.78 Å². The van der Waals surface area contributed by atoms with Crippen LogP contribution in [-0.2, 0) is 9.53 Å². The van der Waals surface area contributed by atoms with Gasteiger partial charge in [-0.15, -0.1) is 0 Å². The lowest BCUT2D eigenvalue weighted by Gasteiger charge is -2.09. The van der Waals surface area contributed by atoms with Crippen molar-refractivity contribution < 1.29 is 19.1 Å². The van der Waals surface area contributed by atoms with E-state index in [1.54, 1.807) is 55.6 Å². The number of esters is 1. The Balaban J connectivity index is 1.91. The smallest absolute Gasteiger partial charge is 0.340 e. The summed E-state index contributed by atoms with van der Waals surface area (Å²) >= 11 is 0. The third kappa shape index (κ3) is 4.42. The molecule has 0 heterocycles. The first-order valence-corrected chi connectivity index (χ1v) is 7.36. The number of rotatable bonds is 6. The first-order chi connectivity index (χ1) is 11.5. The largest absolute Gasteiger partial charge is 0.452 e. The minimum Gasteiger partial charge on any atom is -0.452 e.